The third kappa shape index (κ3) is 2.68. The topological polar surface area (TPSA) is 73.9 Å². The van der Waals surface area contributed by atoms with E-state index in [1.165, 1.54) is 0 Å². The fourth-order valence-corrected chi connectivity index (χ4v) is 3.16. The van der Waals surface area contributed by atoms with Crippen LogP contribution in [0.2, 0.25) is 5.15 Å². The van der Waals surface area contributed by atoms with E-state index in [1.807, 2.05) is 18.2 Å². The molecule has 1 fully saturated rings. The van der Waals surface area contributed by atoms with Crippen LogP contribution in [0.25, 0.3) is 11.5 Å². The van der Waals surface area contributed by atoms with E-state index in [2.05, 4.69) is 20.1 Å². The molecule has 0 aromatic carbocycles. The molecule has 0 saturated carbocycles. The van der Waals surface area contributed by atoms with Gasteiger partial charge in [0.1, 0.15) is 5.15 Å². The first-order valence-corrected chi connectivity index (χ1v) is 8.10. The van der Waals surface area contributed by atoms with Crippen LogP contribution in [-0.2, 0) is 10.2 Å². The van der Waals surface area contributed by atoms with Crippen molar-refractivity contribution in [2.75, 3.05) is 13.2 Å². The fraction of sp³-hybridized carbons (Fsp3) is 0.294. The first-order valence-electron chi connectivity index (χ1n) is 7.72. The summed E-state index contributed by atoms with van der Waals surface area (Å²) < 4.78 is 11.0. The molecule has 0 atom stereocenters. The van der Waals surface area contributed by atoms with Crippen molar-refractivity contribution < 1.29 is 9.26 Å². The van der Waals surface area contributed by atoms with Crippen LogP contribution in [0.15, 0.2) is 47.4 Å². The van der Waals surface area contributed by atoms with Crippen molar-refractivity contribution in [3.8, 4) is 11.5 Å². The van der Waals surface area contributed by atoms with E-state index in [0.717, 1.165) is 24.0 Å². The Morgan fingerprint density at radius 1 is 1.08 bits per heavy atom. The normalized spacial score (nSPS) is 16.9. The Morgan fingerprint density at radius 3 is 2.67 bits per heavy atom. The molecule has 0 N–H and O–H groups in total. The average molecular weight is 343 g/mol. The van der Waals surface area contributed by atoms with Crippen LogP contribution in [0.3, 0.4) is 0 Å². The van der Waals surface area contributed by atoms with Crippen molar-refractivity contribution in [3.05, 3.63) is 59.4 Å². The van der Waals surface area contributed by atoms with Gasteiger partial charge in [-0.3, -0.25) is 4.98 Å². The molecule has 4 heterocycles. The van der Waals surface area contributed by atoms with Crippen molar-refractivity contribution >= 4 is 11.6 Å². The van der Waals surface area contributed by atoms with Gasteiger partial charge in [0.05, 0.1) is 11.0 Å². The van der Waals surface area contributed by atoms with Gasteiger partial charge in [0.2, 0.25) is 0 Å². The van der Waals surface area contributed by atoms with Crippen LogP contribution in [0.5, 0.6) is 0 Å². The van der Waals surface area contributed by atoms with E-state index in [-0.39, 0.29) is 5.41 Å². The number of hydrogen-bond acceptors (Lipinski definition) is 6. The van der Waals surface area contributed by atoms with Crippen molar-refractivity contribution in [3.63, 3.8) is 0 Å². The molecule has 0 amide bonds. The van der Waals surface area contributed by atoms with E-state index >= 15 is 0 Å². The molecule has 0 aliphatic carbocycles. The summed E-state index contributed by atoms with van der Waals surface area (Å²) in [5.74, 6) is 1.11. The smallest absolute Gasteiger partial charge is 0.259 e. The maximum Gasteiger partial charge on any atom is 0.259 e. The lowest BCUT2D eigenvalue weighted by Gasteiger charge is -2.34. The Balaban J connectivity index is 1.77. The zero-order chi connectivity index (χ0) is 16.4. The second-order valence-corrected chi connectivity index (χ2v) is 6.12. The van der Waals surface area contributed by atoms with Gasteiger partial charge in [0.15, 0.2) is 5.82 Å². The number of hydrogen-bond donors (Lipinski definition) is 0. The van der Waals surface area contributed by atoms with Gasteiger partial charge in [0, 0.05) is 31.8 Å². The summed E-state index contributed by atoms with van der Waals surface area (Å²) in [4.78, 5) is 13.0. The highest BCUT2D eigenvalue weighted by Crippen LogP contribution is 2.40. The molecule has 24 heavy (non-hydrogen) atoms. The molecule has 122 valence electrons. The molecule has 3 aromatic rings. The van der Waals surface area contributed by atoms with Gasteiger partial charge in [-0.1, -0.05) is 22.8 Å². The Kier molecular flexibility index (Phi) is 4.00. The lowest BCUT2D eigenvalue weighted by Crippen LogP contribution is -2.36. The lowest BCUT2D eigenvalue weighted by molar-refractivity contribution is 0.0596. The summed E-state index contributed by atoms with van der Waals surface area (Å²) in [6.07, 6.45) is 6.73. The maximum absolute atomic E-state index is 5.93. The van der Waals surface area contributed by atoms with Crippen LogP contribution in [0.1, 0.15) is 24.2 Å². The van der Waals surface area contributed by atoms with Crippen LogP contribution < -0.4 is 0 Å². The number of ether oxygens (including phenoxy) is 1. The highest BCUT2D eigenvalue weighted by molar-refractivity contribution is 6.29. The van der Waals surface area contributed by atoms with Gasteiger partial charge >= 0.3 is 0 Å². The lowest BCUT2D eigenvalue weighted by atomic mass is 9.74. The molecule has 0 spiro atoms. The van der Waals surface area contributed by atoms with Gasteiger partial charge in [-0.15, -0.1) is 0 Å². The third-order valence-electron chi connectivity index (χ3n) is 4.39. The molecule has 0 bridgehead atoms. The van der Waals surface area contributed by atoms with Gasteiger partial charge in [-0.2, -0.15) is 4.98 Å². The second kappa shape index (κ2) is 6.30. The highest BCUT2D eigenvalue weighted by Gasteiger charge is 2.41. The Hall–Kier alpha value is -2.31. The molecule has 1 aliphatic heterocycles. The number of aromatic nitrogens is 4. The van der Waals surface area contributed by atoms with Crippen LogP contribution >= 0.6 is 11.6 Å². The monoisotopic (exact) mass is 342 g/mol. The Labute approximate surface area is 143 Å². The molecule has 6 nitrogen and oxygen atoms in total. The molecular formula is C17H15ClN4O2. The standard InChI is InChI=1S/C17H15ClN4O2/c18-14-4-3-13(11-20-14)17(5-8-23-9-6-17)16-21-15(24-22-16)12-2-1-7-19-10-12/h1-4,7,10-11H,5-6,8-9H2. The average Bonchev–Trinajstić information content (AvgIpc) is 3.14. The zero-order valence-corrected chi connectivity index (χ0v) is 13.6. The number of halogens is 1. The first-order chi connectivity index (χ1) is 11.8. The maximum atomic E-state index is 5.93. The van der Waals surface area contributed by atoms with E-state index in [1.54, 1.807) is 24.7 Å². The zero-order valence-electron chi connectivity index (χ0n) is 12.9. The fourth-order valence-electron chi connectivity index (χ4n) is 3.04. The van der Waals surface area contributed by atoms with Crippen LogP contribution in [0.4, 0.5) is 0 Å². The summed E-state index contributed by atoms with van der Waals surface area (Å²) in [6, 6.07) is 7.49. The Morgan fingerprint density at radius 2 is 1.96 bits per heavy atom. The molecule has 0 unspecified atom stereocenters. The number of nitrogens with zero attached hydrogens (tertiary/aromatic N) is 4. The largest absolute Gasteiger partial charge is 0.381 e. The number of pyridine rings is 2. The molecule has 4 rings (SSSR count). The van der Waals surface area contributed by atoms with Crippen molar-refractivity contribution in [2.45, 2.75) is 18.3 Å². The van der Waals surface area contributed by atoms with Crippen molar-refractivity contribution in [2.24, 2.45) is 0 Å². The second-order valence-electron chi connectivity index (χ2n) is 5.73. The minimum absolute atomic E-state index is 0.375. The Bertz CT molecular complexity index is 814. The first kappa shape index (κ1) is 15.2. The van der Waals surface area contributed by atoms with Crippen molar-refractivity contribution in [1.29, 1.82) is 0 Å². The summed E-state index contributed by atoms with van der Waals surface area (Å²) >= 11 is 5.93. The van der Waals surface area contributed by atoms with E-state index < -0.39 is 0 Å². The minimum atomic E-state index is -0.375. The van der Waals surface area contributed by atoms with E-state index in [0.29, 0.717) is 30.1 Å². The van der Waals surface area contributed by atoms with Crippen molar-refractivity contribution in [1.82, 2.24) is 20.1 Å². The number of rotatable bonds is 3. The van der Waals surface area contributed by atoms with Gasteiger partial charge in [-0.05, 0) is 36.6 Å². The summed E-state index contributed by atoms with van der Waals surface area (Å²) in [5.41, 5.74) is 1.45. The molecule has 0 radical (unpaired) electrons. The van der Waals surface area contributed by atoms with E-state index in [4.69, 9.17) is 20.9 Å². The molecular weight excluding hydrogens is 328 g/mol. The van der Waals surface area contributed by atoms with Gasteiger partial charge < -0.3 is 9.26 Å². The quantitative estimate of drug-likeness (QED) is 0.680. The summed E-state index contributed by atoms with van der Waals surface area (Å²) in [5, 5.41) is 4.72. The molecule has 1 saturated heterocycles. The minimum Gasteiger partial charge on any atom is -0.381 e. The summed E-state index contributed by atoms with van der Waals surface area (Å²) in [7, 11) is 0. The SMILES string of the molecule is Clc1ccc(C2(c3noc(-c4cccnc4)n3)CCOCC2)cn1. The predicted octanol–water partition coefficient (Wildman–Crippen LogP) is 3.28. The van der Waals surface area contributed by atoms with Crippen LogP contribution in [-0.4, -0.2) is 33.3 Å². The van der Waals surface area contributed by atoms with Gasteiger partial charge in [-0.25, -0.2) is 4.98 Å². The summed E-state index contributed by atoms with van der Waals surface area (Å²) in [6.45, 7) is 1.28. The van der Waals surface area contributed by atoms with E-state index in [9.17, 15) is 0 Å². The van der Waals surface area contributed by atoms with Gasteiger partial charge in [0.25, 0.3) is 5.89 Å². The molecule has 1 aliphatic rings. The van der Waals surface area contributed by atoms with Crippen LogP contribution in [0, 0.1) is 0 Å². The highest BCUT2D eigenvalue weighted by atomic mass is 35.5. The molecule has 7 heteroatoms. The third-order valence-corrected chi connectivity index (χ3v) is 4.61. The predicted molar refractivity (Wildman–Crippen MR) is 87.6 cm³/mol. The molecule has 3 aromatic heterocycles.